The highest BCUT2D eigenvalue weighted by molar-refractivity contribution is 5.96. The molecule has 0 aliphatic carbocycles. The summed E-state index contributed by atoms with van der Waals surface area (Å²) in [6, 6.07) is 7.49. The molecule has 0 fully saturated rings. The molecule has 6 heteroatoms. The largest absolute Gasteiger partial charge is 0.409 e. The molecule has 0 bridgehead atoms. The lowest BCUT2D eigenvalue weighted by Gasteiger charge is -2.10. The maximum Gasteiger partial charge on any atom is 0.261 e. The molecule has 104 valence electrons. The van der Waals surface area contributed by atoms with Crippen molar-refractivity contribution in [3.8, 4) is 0 Å². The van der Waals surface area contributed by atoms with Crippen LogP contribution in [0.2, 0.25) is 0 Å². The van der Waals surface area contributed by atoms with Gasteiger partial charge in [0.15, 0.2) is 5.84 Å². The van der Waals surface area contributed by atoms with E-state index in [0.717, 1.165) is 5.56 Å². The van der Waals surface area contributed by atoms with Crippen molar-refractivity contribution in [1.82, 2.24) is 4.57 Å². The SMILES string of the molecule is Cc1ccc(F)cc1Cn1cccc(/C(N)=N/O)c1=O. The summed E-state index contributed by atoms with van der Waals surface area (Å²) >= 11 is 0. The minimum absolute atomic E-state index is 0.101. The second-order valence-corrected chi connectivity index (χ2v) is 4.41. The number of pyridine rings is 1. The van der Waals surface area contributed by atoms with E-state index in [0.29, 0.717) is 5.56 Å². The van der Waals surface area contributed by atoms with Crippen molar-refractivity contribution in [1.29, 1.82) is 0 Å². The van der Waals surface area contributed by atoms with Crippen LogP contribution in [0.4, 0.5) is 4.39 Å². The van der Waals surface area contributed by atoms with Gasteiger partial charge in [0.2, 0.25) is 0 Å². The summed E-state index contributed by atoms with van der Waals surface area (Å²) in [5, 5.41) is 11.5. The van der Waals surface area contributed by atoms with Crippen LogP contribution < -0.4 is 11.3 Å². The van der Waals surface area contributed by atoms with Crippen molar-refractivity contribution in [2.24, 2.45) is 10.9 Å². The first-order chi connectivity index (χ1) is 9.52. The molecule has 0 saturated carbocycles. The minimum atomic E-state index is -0.397. The average Bonchev–Trinajstić information content (AvgIpc) is 2.44. The molecular formula is C14H14FN3O2. The zero-order chi connectivity index (χ0) is 14.7. The summed E-state index contributed by atoms with van der Waals surface area (Å²) in [6.45, 7) is 2.06. The van der Waals surface area contributed by atoms with Gasteiger partial charge in [0.25, 0.3) is 5.56 Å². The average molecular weight is 275 g/mol. The van der Waals surface area contributed by atoms with Gasteiger partial charge in [-0.3, -0.25) is 4.79 Å². The third-order valence-corrected chi connectivity index (χ3v) is 3.06. The van der Waals surface area contributed by atoms with Gasteiger partial charge >= 0.3 is 0 Å². The Kier molecular flexibility index (Phi) is 3.84. The molecule has 0 saturated heterocycles. The van der Waals surface area contributed by atoms with E-state index in [-0.39, 0.29) is 23.8 Å². The smallest absolute Gasteiger partial charge is 0.261 e. The van der Waals surface area contributed by atoms with E-state index in [4.69, 9.17) is 10.9 Å². The van der Waals surface area contributed by atoms with Crippen LogP contribution in [0.3, 0.4) is 0 Å². The number of benzene rings is 1. The summed E-state index contributed by atoms with van der Waals surface area (Å²) in [5.74, 6) is -0.605. The standard InChI is InChI=1S/C14H14FN3O2/c1-9-4-5-11(15)7-10(9)8-18-6-2-3-12(14(18)19)13(16)17-20/h2-7,20H,8H2,1H3,(H2,16,17). The number of aryl methyl sites for hydroxylation is 1. The summed E-state index contributed by atoms with van der Waals surface area (Å²) in [4.78, 5) is 12.2. The fourth-order valence-corrected chi connectivity index (χ4v) is 1.90. The van der Waals surface area contributed by atoms with E-state index in [1.165, 1.54) is 22.8 Å². The van der Waals surface area contributed by atoms with Gasteiger partial charge < -0.3 is 15.5 Å². The van der Waals surface area contributed by atoms with E-state index in [1.54, 1.807) is 18.3 Å². The maximum absolute atomic E-state index is 13.3. The molecule has 0 unspecified atom stereocenters. The predicted octanol–water partition coefficient (Wildman–Crippen LogP) is 1.44. The number of rotatable bonds is 3. The molecule has 1 aromatic heterocycles. The van der Waals surface area contributed by atoms with Gasteiger partial charge in [-0.2, -0.15) is 0 Å². The van der Waals surface area contributed by atoms with E-state index >= 15 is 0 Å². The number of hydrogen-bond donors (Lipinski definition) is 2. The quantitative estimate of drug-likeness (QED) is 0.385. The summed E-state index contributed by atoms with van der Waals surface area (Å²) in [7, 11) is 0. The molecule has 2 rings (SSSR count). The fourth-order valence-electron chi connectivity index (χ4n) is 1.90. The molecule has 0 radical (unpaired) electrons. The number of nitrogens with two attached hydrogens (primary N) is 1. The molecule has 5 nitrogen and oxygen atoms in total. The third kappa shape index (κ3) is 2.69. The van der Waals surface area contributed by atoms with Crippen LogP contribution in [0.1, 0.15) is 16.7 Å². The fraction of sp³-hybridized carbons (Fsp3) is 0.143. The van der Waals surface area contributed by atoms with Gasteiger partial charge in [-0.05, 0) is 42.3 Å². The van der Waals surface area contributed by atoms with Gasteiger partial charge in [0, 0.05) is 6.20 Å². The molecule has 1 aromatic carbocycles. The van der Waals surface area contributed by atoms with Crippen LogP contribution in [0.5, 0.6) is 0 Å². The van der Waals surface area contributed by atoms with Crippen LogP contribution in [0.15, 0.2) is 46.5 Å². The highest BCUT2D eigenvalue weighted by atomic mass is 19.1. The van der Waals surface area contributed by atoms with Gasteiger partial charge in [0.05, 0.1) is 12.1 Å². The molecule has 3 N–H and O–H groups in total. The molecule has 1 heterocycles. The molecule has 0 aliphatic heterocycles. The second-order valence-electron chi connectivity index (χ2n) is 4.41. The molecule has 0 spiro atoms. The normalized spacial score (nSPS) is 11.6. The number of oxime groups is 1. The van der Waals surface area contributed by atoms with Crippen molar-refractivity contribution in [2.45, 2.75) is 13.5 Å². The van der Waals surface area contributed by atoms with Crippen molar-refractivity contribution >= 4 is 5.84 Å². The van der Waals surface area contributed by atoms with Crippen LogP contribution in [-0.2, 0) is 6.54 Å². The van der Waals surface area contributed by atoms with Crippen molar-refractivity contribution < 1.29 is 9.60 Å². The number of nitrogens with zero attached hydrogens (tertiary/aromatic N) is 2. The predicted molar refractivity (Wildman–Crippen MR) is 73.5 cm³/mol. The Balaban J connectivity index is 2.45. The van der Waals surface area contributed by atoms with Crippen LogP contribution in [-0.4, -0.2) is 15.6 Å². The maximum atomic E-state index is 13.3. The molecular weight excluding hydrogens is 261 g/mol. The van der Waals surface area contributed by atoms with E-state index in [2.05, 4.69) is 5.16 Å². The summed E-state index contributed by atoms with van der Waals surface area (Å²) < 4.78 is 14.6. The van der Waals surface area contributed by atoms with Gasteiger partial charge in [-0.1, -0.05) is 11.2 Å². The van der Waals surface area contributed by atoms with E-state index < -0.39 is 5.56 Å². The van der Waals surface area contributed by atoms with Crippen LogP contribution in [0, 0.1) is 12.7 Å². The topological polar surface area (TPSA) is 80.6 Å². The Morgan fingerprint density at radius 3 is 2.90 bits per heavy atom. The van der Waals surface area contributed by atoms with E-state index in [1.807, 2.05) is 6.92 Å². The first-order valence-corrected chi connectivity index (χ1v) is 5.95. The minimum Gasteiger partial charge on any atom is -0.409 e. The van der Waals surface area contributed by atoms with Crippen molar-refractivity contribution in [2.75, 3.05) is 0 Å². The first-order valence-electron chi connectivity index (χ1n) is 5.95. The van der Waals surface area contributed by atoms with Gasteiger partial charge in [-0.25, -0.2) is 4.39 Å². The second kappa shape index (κ2) is 5.56. The Bertz CT molecular complexity index is 723. The van der Waals surface area contributed by atoms with Crippen LogP contribution >= 0.6 is 0 Å². The summed E-state index contributed by atoms with van der Waals surface area (Å²) in [6.07, 6.45) is 1.57. The Labute approximate surface area is 114 Å². The Hall–Kier alpha value is -2.63. The third-order valence-electron chi connectivity index (χ3n) is 3.06. The number of aromatic nitrogens is 1. The molecule has 0 amide bonds. The molecule has 2 aromatic rings. The number of hydrogen-bond acceptors (Lipinski definition) is 3. The molecule has 0 aliphatic rings. The Morgan fingerprint density at radius 1 is 1.45 bits per heavy atom. The van der Waals surface area contributed by atoms with Crippen molar-refractivity contribution in [3.63, 3.8) is 0 Å². The molecule has 0 atom stereocenters. The highest BCUT2D eigenvalue weighted by Crippen LogP contribution is 2.11. The van der Waals surface area contributed by atoms with Crippen molar-refractivity contribution in [3.05, 3.63) is 69.4 Å². The van der Waals surface area contributed by atoms with Gasteiger partial charge in [-0.15, -0.1) is 0 Å². The summed E-state index contributed by atoms with van der Waals surface area (Å²) in [5.41, 5.74) is 6.72. The highest BCUT2D eigenvalue weighted by Gasteiger charge is 2.09. The van der Waals surface area contributed by atoms with E-state index in [9.17, 15) is 9.18 Å². The first kappa shape index (κ1) is 13.8. The number of amidine groups is 1. The lowest BCUT2D eigenvalue weighted by atomic mass is 10.1. The monoisotopic (exact) mass is 275 g/mol. The Morgan fingerprint density at radius 2 is 2.20 bits per heavy atom. The lowest BCUT2D eigenvalue weighted by molar-refractivity contribution is 0.318. The zero-order valence-electron chi connectivity index (χ0n) is 10.9. The zero-order valence-corrected chi connectivity index (χ0v) is 10.9. The lowest BCUT2D eigenvalue weighted by Crippen LogP contribution is -2.30. The van der Waals surface area contributed by atoms with Gasteiger partial charge in [0.1, 0.15) is 5.82 Å². The molecule has 20 heavy (non-hydrogen) atoms. The van der Waals surface area contributed by atoms with Crippen LogP contribution in [0.25, 0.3) is 0 Å². The number of halogens is 1.